The third kappa shape index (κ3) is 4.90. The van der Waals surface area contributed by atoms with Crippen molar-refractivity contribution in [1.29, 1.82) is 0 Å². The second-order valence-electron chi connectivity index (χ2n) is 9.51. The molecular weight excluding hydrogens is 505 g/mol. The van der Waals surface area contributed by atoms with Gasteiger partial charge in [0.1, 0.15) is 17.4 Å². The molecule has 5 rings (SSSR count). The number of nitrogens with one attached hydrogen (secondary N) is 1. The summed E-state index contributed by atoms with van der Waals surface area (Å²) in [5.41, 5.74) is 1.69. The normalized spacial score (nSPS) is 20.1. The van der Waals surface area contributed by atoms with Gasteiger partial charge >= 0.3 is 0 Å². The smallest absolute Gasteiger partial charge is 0.255 e. The number of carbonyl (C=O) groups is 1. The van der Waals surface area contributed by atoms with Crippen molar-refractivity contribution in [3.63, 3.8) is 0 Å². The van der Waals surface area contributed by atoms with E-state index in [1.54, 1.807) is 0 Å². The molecule has 3 heterocycles. The van der Waals surface area contributed by atoms with Crippen LogP contribution in [0.15, 0.2) is 34.7 Å². The van der Waals surface area contributed by atoms with Crippen molar-refractivity contribution in [1.82, 2.24) is 10.3 Å². The minimum absolute atomic E-state index is 0.141. The monoisotopic (exact) mass is 533 g/mol. The molecule has 0 bridgehead atoms. The van der Waals surface area contributed by atoms with Crippen molar-refractivity contribution in [3.05, 3.63) is 47.3 Å². The van der Waals surface area contributed by atoms with E-state index in [9.17, 15) is 21.8 Å². The number of fused-ring (bicyclic) bond motifs is 1. The van der Waals surface area contributed by atoms with E-state index in [1.807, 2.05) is 6.07 Å². The van der Waals surface area contributed by atoms with E-state index in [2.05, 4.69) is 10.3 Å². The minimum atomic E-state index is -3.67. The predicted octanol–water partition coefficient (Wildman–Crippen LogP) is 3.80. The lowest BCUT2D eigenvalue weighted by Crippen LogP contribution is -2.33. The zero-order valence-corrected chi connectivity index (χ0v) is 21.8. The van der Waals surface area contributed by atoms with Crippen LogP contribution in [0.2, 0.25) is 0 Å². The molecule has 2 fully saturated rings. The Kier molecular flexibility index (Phi) is 6.63. The Balaban J connectivity index is 1.64. The Hall–Kier alpha value is -2.79. The molecular formula is C25H28FN3O5S2. The molecule has 1 aromatic carbocycles. The standard InChI is InChI=1S/C25H28FN3O5S2/c1-27-24(30)21-20-13-19(16-3-4-16)23(28-25(20)34-22(21)17-5-7-18(26)8-6-17)29(36(2,32)33)11-9-15-10-12-35(31)14-15/h5-8,13,15-16H,3-4,9-12,14H2,1-2H3,(H,27,30). The van der Waals surface area contributed by atoms with E-state index < -0.39 is 26.6 Å². The Morgan fingerprint density at radius 1 is 1.25 bits per heavy atom. The van der Waals surface area contributed by atoms with Crippen LogP contribution in [0.25, 0.3) is 22.4 Å². The lowest BCUT2D eigenvalue weighted by Gasteiger charge is -2.25. The number of benzene rings is 1. The molecule has 1 aliphatic carbocycles. The molecule has 3 aromatic rings. The van der Waals surface area contributed by atoms with E-state index in [0.29, 0.717) is 34.7 Å². The molecule has 1 aliphatic heterocycles. The lowest BCUT2D eigenvalue weighted by atomic mass is 10.0. The summed E-state index contributed by atoms with van der Waals surface area (Å²) in [7, 11) is -2.99. The average Bonchev–Trinajstić information content (AvgIpc) is 3.49. The van der Waals surface area contributed by atoms with Gasteiger partial charge in [0.25, 0.3) is 5.91 Å². The van der Waals surface area contributed by atoms with E-state index in [0.717, 1.165) is 31.1 Å². The number of hydrogen-bond donors (Lipinski definition) is 1. The molecule has 192 valence electrons. The summed E-state index contributed by atoms with van der Waals surface area (Å²) < 4.78 is 58.5. The van der Waals surface area contributed by atoms with Crippen LogP contribution in [0.3, 0.4) is 0 Å². The maximum Gasteiger partial charge on any atom is 0.255 e. The highest BCUT2D eigenvalue weighted by molar-refractivity contribution is 7.92. The number of sulfonamides is 1. The first-order valence-electron chi connectivity index (χ1n) is 11.9. The molecule has 1 N–H and O–H groups in total. The maximum atomic E-state index is 13.5. The first kappa shape index (κ1) is 24.9. The summed E-state index contributed by atoms with van der Waals surface area (Å²) in [4.78, 5) is 17.6. The topological polar surface area (TPSA) is 110 Å². The fourth-order valence-corrected chi connectivity index (χ4v) is 7.28. The molecule has 36 heavy (non-hydrogen) atoms. The van der Waals surface area contributed by atoms with Crippen molar-refractivity contribution < 1.29 is 26.2 Å². The lowest BCUT2D eigenvalue weighted by molar-refractivity contribution is 0.0964. The van der Waals surface area contributed by atoms with Crippen LogP contribution in [0, 0.1) is 11.7 Å². The van der Waals surface area contributed by atoms with Gasteiger partial charge in [0.05, 0.1) is 17.2 Å². The fraction of sp³-hybridized carbons (Fsp3) is 0.440. The van der Waals surface area contributed by atoms with Gasteiger partial charge in [-0.05, 0) is 73.4 Å². The number of hydrogen-bond acceptors (Lipinski definition) is 6. The molecule has 0 radical (unpaired) electrons. The molecule has 2 aliphatic rings. The Morgan fingerprint density at radius 3 is 2.56 bits per heavy atom. The number of anilines is 1. The molecule has 2 atom stereocenters. The first-order chi connectivity index (χ1) is 17.2. The number of carbonyl (C=O) groups excluding carboxylic acids is 1. The van der Waals surface area contributed by atoms with Crippen LogP contribution < -0.4 is 9.62 Å². The predicted molar refractivity (Wildman–Crippen MR) is 138 cm³/mol. The van der Waals surface area contributed by atoms with Gasteiger partial charge in [-0.2, -0.15) is 4.98 Å². The number of halogens is 1. The summed E-state index contributed by atoms with van der Waals surface area (Å²) >= 11 is 0. The summed E-state index contributed by atoms with van der Waals surface area (Å²) in [6.45, 7) is 0.229. The van der Waals surface area contributed by atoms with Crippen molar-refractivity contribution in [2.75, 3.05) is 35.7 Å². The highest BCUT2D eigenvalue weighted by Crippen LogP contribution is 2.47. The highest BCUT2D eigenvalue weighted by Gasteiger charge is 2.35. The van der Waals surface area contributed by atoms with Gasteiger partial charge < -0.3 is 9.73 Å². The molecule has 1 saturated carbocycles. The summed E-state index contributed by atoms with van der Waals surface area (Å²) in [6.07, 6.45) is 4.37. The van der Waals surface area contributed by atoms with Crippen LogP contribution in [0.4, 0.5) is 10.2 Å². The van der Waals surface area contributed by atoms with E-state index in [-0.39, 0.29) is 41.3 Å². The molecule has 8 nitrogen and oxygen atoms in total. The van der Waals surface area contributed by atoms with Gasteiger partial charge in [-0.3, -0.25) is 13.3 Å². The Bertz CT molecular complexity index is 1450. The van der Waals surface area contributed by atoms with Gasteiger partial charge in [0.15, 0.2) is 0 Å². The van der Waals surface area contributed by atoms with E-state index in [4.69, 9.17) is 4.42 Å². The SMILES string of the molecule is CNC(=O)c1c(-c2ccc(F)cc2)oc2nc(N(CCC3CCS(=O)C3)S(C)(=O)=O)c(C3CC3)cc12. The van der Waals surface area contributed by atoms with Crippen LogP contribution in [0.1, 0.15) is 47.5 Å². The third-order valence-electron chi connectivity index (χ3n) is 6.82. The zero-order valence-electron chi connectivity index (χ0n) is 20.1. The number of pyridine rings is 1. The number of aromatic nitrogens is 1. The maximum absolute atomic E-state index is 13.5. The van der Waals surface area contributed by atoms with Crippen LogP contribution in [-0.4, -0.2) is 54.9 Å². The number of rotatable bonds is 8. The van der Waals surface area contributed by atoms with Crippen molar-refractivity contribution in [2.45, 2.75) is 31.6 Å². The van der Waals surface area contributed by atoms with Crippen molar-refractivity contribution in [3.8, 4) is 11.3 Å². The quantitative estimate of drug-likeness (QED) is 0.472. The largest absolute Gasteiger partial charge is 0.437 e. The number of nitrogens with zero attached hydrogens (tertiary/aromatic N) is 2. The van der Waals surface area contributed by atoms with Gasteiger partial charge in [0, 0.05) is 41.5 Å². The second-order valence-corrected chi connectivity index (χ2v) is 13.0. The minimum Gasteiger partial charge on any atom is -0.437 e. The van der Waals surface area contributed by atoms with E-state index in [1.165, 1.54) is 35.6 Å². The van der Waals surface area contributed by atoms with Gasteiger partial charge in [-0.1, -0.05) is 0 Å². The number of furan rings is 1. The van der Waals surface area contributed by atoms with Crippen LogP contribution in [0.5, 0.6) is 0 Å². The Morgan fingerprint density at radius 2 is 1.97 bits per heavy atom. The summed E-state index contributed by atoms with van der Waals surface area (Å²) in [6, 6.07) is 7.44. The number of amides is 1. The van der Waals surface area contributed by atoms with Crippen molar-refractivity contribution in [2.24, 2.45) is 5.92 Å². The summed E-state index contributed by atoms with van der Waals surface area (Å²) in [5, 5.41) is 3.12. The molecule has 11 heteroatoms. The molecule has 1 saturated heterocycles. The van der Waals surface area contributed by atoms with Gasteiger partial charge in [-0.15, -0.1) is 0 Å². The highest BCUT2D eigenvalue weighted by atomic mass is 32.2. The first-order valence-corrected chi connectivity index (χ1v) is 15.3. The van der Waals surface area contributed by atoms with Crippen molar-refractivity contribution >= 4 is 43.6 Å². The molecule has 2 aromatic heterocycles. The second kappa shape index (κ2) is 9.59. The van der Waals surface area contributed by atoms with Gasteiger partial charge in [0.2, 0.25) is 15.7 Å². The van der Waals surface area contributed by atoms with Crippen LogP contribution >= 0.6 is 0 Å². The van der Waals surface area contributed by atoms with E-state index >= 15 is 0 Å². The van der Waals surface area contributed by atoms with Crippen LogP contribution in [-0.2, 0) is 20.8 Å². The third-order valence-corrected chi connectivity index (χ3v) is 9.51. The molecule has 0 spiro atoms. The molecule has 1 amide bonds. The fourth-order valence-electron chi connectivity index (χ4n) is 4.76. The molecule has 2 unspecified atom stereocenters. The Labute approximate surface area is 211 Å². The average molecular weight is 534 g/mol. The van der Waals surface area contributed by atoms with Gasteiger partial charge in [-0.25, -0.2) is 12.8 Å². The summed E-state index contributed by atoms with van der Waals surface area (Å²) in [5.74, 6) is 1.36. The zero-order chi connectivity index (χ0) is 25.6.